The molecule has 0 unspecified atom stereocenters. The van der Waals surface area contributed by atoms with Gasteiger partial charge < -0.3 is 18.6 Å². The smallest absolute Gasteiger partial charge is 0.308 e. The topological polar surface area (TPSA) is 92.0 Å². The monoisotopic (exact) mass is 306 g/mol. The first-order valence-corrected chi connectivity index (χ1v) is 6.35. The summed E-state index contributed by atoms with van der Waals surface area (Å²) in [6, 6.07) is 1.38. The molecular weight excluding hydrogens is 292 g/mol. The Balaban J connectivity index is 2.79. The molecule has 116 valence electrons. The maximum atomic E-state index is 11.9. The number of ether oxygens (including phenoxy) is 3. The Bertz CT molecular complexity index is 770. The number of methoxy groups -OCH3 is 1. The van der Waals surface area contributed by atoms with Crippen molar-refractivity contribution in [1.82, 2.24) is 0 Å². The van der Waals surface area contributed by atoms with E-state index < -0.39 is 11.9 Å². The highest BCUT2D eigenvalue weighted by Gasteiger charge is 2.25. The molecule has 7 heteroatoms. The number of hydrogen-bond donors (Lipinski definition) is 0. The molecule has 0 aliphatic rings. The van der Waals surface area contributed by atoms with Crippen LogP contribution in [0.25, 0.3) is 11.0 Å². The lowest BCUT2D eigenvalue weighted by Gasteiger charge is -2.12. The number of esters is 2. The van der Waals surface area contributed by atoms with Crippen LogP contribution in [0.3, 0.4) is 0 Å². The number of rotatable bonds is 4. The summed E-state index contributed by atoms with van der Waals surface area (Å²) >= 11 is 0. The second kappa shape index (κ2) is 5.88. The molecule has 7 nitrogen and oxygen atoms in total. The van der Waals surface area contributed by atoms with Gasteiger partial charge in [-0.3, -0.25) is 14.4 Å². The maximum absolute atomic E-state index is 11.9. The van der Waals surface area contributed by atoms with E-state index in [4.69, 9.17) is 18.6 Å². The second-order valence-electron chi connectivity index (χ2n) is 4.50. The Morgan fingerprint density at radius 3 is 2.09 bits per heavy atom. The van der Waals surface area contributed by atoms with E-state index >= 15 is 0 Å². The Morgan fingerprint density at radius 1 is 1.00 bits per heavy atom. The van der Waals surface area contributed by atoms with Crippen molar-refractivity contribution in [2.24, 2.45) is 0 Å². The van der Waals surface area contributed by atoms with E-state index in [1.54, 1.807) is 0 Å². The lowest BCUT2D eigenvalue weighted by atomic mass is 10.1. The van der Waals surface area contributed by atoms with E-state index in [-0.39, 0.29) is 34.2 Å². The lowest BCUT2D eigenvalue weighted by Crippen LogP contribution is -2.08. The summed E-state index contributed by atoms with van der Waals surface area (Å²) in [6.45, 7) is 3.76. The normalized spacial score (nSPS) is 10.4. The molecule has 2 rings (SSSR count). The van der Waals surface area contributed by atoms with Crippen molar-refractivity contribution in [1.29, 1.82) is 0 Å². The van der Waals surface area contributed by atoms with Gasteiger partial charge in [0.1, 0.15) is 34.3 Å². The highest BCUT2D eigenvalue weighted by atomic mass is 16.5. The Hall–Kier alpha value is -2.83. The van der Waals surface area contributed by atoms with Gasteiger partial charge in [0, 0.05) is 19.9 Å². The van der Waals surface area contributed by atoms with Gasteiger partial charge in [-0.2, -0.15) is 0 Å². The second-order valence-corrected chi connectivity index (χ2v) is 4.50. The van der Waals surface area contributed by atoms with Gasteiger partial charge in [0.25, 0.3) is 0 Å². The molecule has 22 heavy (non-hydrogen) atoms. The van der Waals surface area contributed by atoms with Gasteiger partial charge in [-0.1, -0.05) is 0 Å². The molecule has 1 aromatic heterocycles. The largest absolute Gasteiger partial charge is 0.495 e. The van der Waals surface area contributed by atoms with Crippen LogP contribution in [0, 0.1) is 0 Å². The molecular formula is C15H14O7. The van der Waals surface area contributed by atoms with Crippen LogP contribution < -0.4 is 14.2 Å². The van der Waals surface area contributed by atoms with Gasteiger partial charge in [0.15, 0.2) is 11.5 Å². The summed E-state index contributed by atoms with van der Waals surface area (Å²) in [5.74, 6) is -1.24. The zero-order valence-electron chi connectivity index (χ0n) is 12.5. The predicted octanol–water partition coefficient (Wildman–Crippen LogP) is 2.49. The fourth-order valence-corrected chi connectivity index (χ4v) is 2.12. The van der Waals surface area contributed by atoms with Gasteiger partial charge in [0.2, 0.25) is 0 Å². The third-order valence-corrected chi connectivity index (χ3v) is 2.81. The summed E-state index contributed by atoms with van der Waals surface area (Å²) in [6.07, 6.45) is 1.22. The first-order chi connectivity index (χ1) is 10.3. The van der Waals surface area contributed by atoms with E-state index in [9.17, 15) is 14.4 Å². The van der Waals surface area contributed by atoms with Gasteiger partial charge in [-0.15, -0.1) is 0 Å². The molecule has 0 amide bonds. The van der Waals surface area contributed by atoms with E-state index in [1.165, 1.54) is 40.2 Å². The van der Waals surface area contributed by atoms with Crippen molar-refractivity contribution in [3.63, 3.8) is 0 Å². The lowest BCUT2D eigenvalue weighted by molar-refractivity contribution is -0.132. The summed E-state index contributed by atoms with van der Waals surface area (Å²) in [5.41, 5.74) is 0.328. The standard InChI is InChI=1S/C15H14O7/c1-7(16)13-11(21-8(2)17)5-10-14(15(13)19-4)12(6-20-10)22-9(3)18/h5-6H,1-4H3. The third kappa shape index (κ3) is 2.78. The number of carbonyl (C=O) groups excluding carboxylic acids is 3. The molecule has 0 atom stereocenters. The van der Waals surface area contributed by atoms with Crippen LogP contribution in [0.5, 0.6) is 17.2 Å². The van der Waals surface area contributed by atoms with Crippen molar-refractivity contribution in [3.05, 3.63) is 17.9 Å². The van der Waals surface area contributed by atoms with Crippen LogP contribution in [0.15, 0.2) is 16.7 Å². The van der Waals surface area contributed by atoms with Crippen LogP contribution in [-0.2, 0) is 9.59 Å². The van der Waals surface area contributed by atoms with E-state index in [0.717, 1.165) is 0 Å². The van der Waals surface area contributed by atoms with Crippen molar-refractivity contribution in [3.8, 4) is 17.2 Å². The van der Waals surface area contributed by atoms with Crippen molar-refractivity contribution < 1.29 is 33.0 Å². The molecule has 0 aliphatic heterocycles. The highest BCUT2D eigenvalue weighted by molar-refractivity contribution is 6.08. The van der Waals surface area contributed by atoms with Gasteiger partial charge in [-0.25, -0.2) is 0 Å². The van der Waals surface area contributed by atoms with Crippen molar-refractivity contribution >= 4 is 28.7 Å². The first-order valence-electron chi connectivity index (χ1n) is 6.35. The fraction of sp³-hybridized carbons (Fsp3) is 0.267. The number of carbonyl (C=O) groups is 3. The molecule has 0 spiro atoms. The van der Waals surface area contributed by atoms with E-state index in [1.807, 2.05) is 0 Å². The molecule has 0 aliphatic carbocycles. The SMILES string of the molecule is COc1c(C(C)=O)c(OC(C)=O)cc2occ(OC(C)=O)c12. The fourth-order valence-electron chi connectivity index (χ4n) is 2.12. The van der Waals surface area contributed by atoms with Crippen molar-refractivity contribution in [2.45, 2.75) is 20.8 Å². The summed E-state index contributed by atoms with van der Waals surface area (Å²) in [5, 5.41) is 0.318. The zero-order chi connectivity index (χ0) is 16.4. The molecule has 1 aromatic carbocycles. The van der Waals surface area contributed by atoms with Crippen molar-refractivity contribution in [2.75, 3.05) is 7.11 Å². The number of hydrogen-bond acceptors (Lipinski definition) is 7. The minimum Gasteiger partial charge on any atom is -0.495 e. The summed E-state index contributed by atoms with van der Waals surface area (Å²) in [4.78, 5) is 34.3. The van der Waals surface area contributed by atoms with E-state index in [0.29, 0.717) is 5.39 Å². The average molecular weight is 306 g/mol. The Kier molecular flexibility index (Phi) is 4.16. The predicted molar refractivity (Wildman–Crippen MR) is 75.4 cm³/mol. The quantitative estimate of drug-likeness (QED) is 0.486. The molecule has 1 heterocycles. The van der Waals surface area contributed by atoms with Crippen LogP contribution >= 0.6 is 0 Å². The van der Waals surface area contributed by atoms with Crippen LogP contribution in [0.2, 0.25) is 0 Å². The number of furan rings is 1. The summed E-state index contributed by atoms with van der Waals surface area (Å²) < 4.78 is 20.6. The third-order valence-electron chi connectivity index (χ3n) is 2.81. The molecule has 0 saturated carbocycles. The first kappa shape index (κ1) is 15.6. The Morgan fingerprint density at radius 2 is 1.59 bits per heavy atom. The highest BCUT2D eigenvalue weighted by Crippen LogP contribution is 2.43. The number of benzene rings is 1. The minimum absolute atomic E-state index is 0.0214. The van der Waals surface area contributed by atoms with Crippen LogP contribution in [0.4, 0.5) is 0 Å². The maximum Gasteiger partial charge on any atom is 0.308 e. The zero-order valence-corrected chi connectivity index (χ0v) is 12.5. The van der Waals surface area contributed by atoms with Gasteiger partial charge >= 0.3 is 11.9 Å². The number of ketones is 1. The summed E-state index contributed by atoms with van der Waals surface area (Å²) in [7, 11) is 1.35. The molecule has 0 fully saturated rings. The molecule has 0 bridgehead atoms. The Labute approximate surface area is 125 Å². The number of fused-ring (bicyclic) bond motifs is 1. The molecule has 0 saturated heterocycles. The van der Waals surface area contributed by atoms with Crippen LogP contribution in [0.1, 0.15) is 31.1 Å². The van der Waals surface area contributed by atoms with Crippen LogP contribution in [-0.4, -0.2) is 24.8 Å². The average Bonchev–Trinajstić information content (AvgIpc) is 2.78. The van der Waals surface area contributed by atoms with E-state index in [2.05, 4.69) is 0 Å². The van der Waals surface area contributed by atoms with Gasteiger partial charge in [0.05, 0.1) is 7.11 Å². The number of Topliss-reactive ketones (excluding diaryl/α,β-unsaturated/α-hetero) is 1. The molecule has 0 N–H and O–H groups in total. The molecule has 0 radical (unpaired) electrons. The molecule has 2 aromatic rings. The van der Waals surface area contributed by atoms with Gasteiger partial charge in [-0.05, 0) is 6.92 Å². The minimum atomic E-state index is -0.587.